The van der Waals surface area contributed by atoms with Crippen molar-refractivity contribution >= 4 is 5.97 Å². The third kappa shape index (κ3) is 1.90. The minimum absolute atomic E-state index is 0.178. The molecule has 2 rings (SSSR count). The van der Waals surface area contributed by atoms with Crippen molar-refractivity contribution < 1.29 is 19.0 Å². The van der Waals surface area contributed by atoms with Gasteiger partial charge in [-0.05, 0) is 19.9 Å². The fourth-order valence-corrected chi connectivity index (χ4v) is 1.98. The maximum Gasteiger partial charge on any atom is 0.313 e. The number of methoxy groups -OCH3 is 1. The van der Waals surface area contributed by atoms with Gasteiger partial charge in [-0.25, -0.2) is 0 Å². The maximum atomic E-state index is 11.8. The SMILES string of the molecule is COC(=O)C(C)(C)[C@H](N)c1cccc2c1OCO2. The summed E-state index contributed by atoms with van der Waals surface area (Å²) >= 11 is 0. The van der Waals surface area contributed by atoms with Gasteiger partial charge in [0.2, 0.25) is 6.79 Å². The molecule has 1 aliphatic heterocycles. The highest BCUT2D eigenvalue weighted by molar-refractivity contribution is 5.77. The van der Waals surface area contributed by atoms with E-state index in [0.29, 0.717) is 11.5 Å². The van der Waals surface area contributed by atoms with E-state index in [1.54, 1.807) is 13.8 Å². The van der Waals surface area contributed by atoms with E-state index in [4.69, 9.17) is 19.9 Å². The molecule has 0 fully saturated rings. The van der Waals surface area contributed by atoms with Crippen molar-refractivity contribution in [2.45, 2.75) is 19.9 Å². The Morgan fingerprint density at radius 1 is 1.44 bits per heavy atom. The van der Waals surface area contributed by atoms with Gasteiger partial charge in [-0.3, -0.25) is 4.79 Å². The van der Waals surface area contributed by atoms with Crippen LogP contribution < -0.4 is 15.2 Å². The average molecular weight is 251 g/mol. The second-order valence-electron chi connectivity index (χ2n) is 4.77. The van der Waals surface area contributed by atoms with Crippen molar-refractivity contribution in [3.05, 3.63) is 23.8 Å². The number of fused-ring (bicyclic) bond motifs is 1. The van der Waals surface area contributed by atoms with Crippen molar-refractivity contribution in [1.82, 2.24) is 0 Å². The quantitative estimate of drug-likeness (QED) is 0.826. The van der Waals surface area contributed by atoms with Gasteiger partial charge in [0, 0.05) is 11.6 Å². The van der Waals surface area contributed by atoms with Crippen LogP contribution in [0.5, 0.6) is 11.5 Å². The van der Waals surface area contributed by atoms with Gasteiger partial charge in [0.1, 0.15) is 0 Å². The first-order valence-corrected chi connectivity index (χ1v) is 5.71. The molecule has 0 unspecified atom stereocenters. The summed E-state index contributed by atoms with van der Waals surface area (Å²) in [4.78, 5) is 11.8. The lowest BCUT2D eigenvalue weighted by atomic mass is 9.80. The van der Waals surface area contributed by atoms with E-state index < -0.39 is 11.5 Å². The minimum Gasteiger partial charge on any atom is -0.469 e. The van der Waals surface area contributed by atoms with Crippen molar-refractivity contribution in [3.8, 4) is 11.5 Å². The molecule has 98 valence electrons. The molecule has 0 bridgehead atoms. The van der Waals surface area contributed by atoms with Crippen LogP contribution in [0.25, 0.3) is 0 Å². The molecule has 5 heteroatoms. The average Bonchev–Trinajstić information content (AvgIpc) is 2.84. The first-order chi connectivity index (χ1) is 8.48. The van der Waals surface area contributed by atoms with Gasteiger partial charge in [-0.2, -0.15) is 0 Å². The third-order valence-electron chi connectivity index (χ3n) is 3.25. The van der Waals surface area contributed by atoms with Crippen LogP contribution in [0.2, 0.25) is 0 Å². The second-order valence-corrected chi connectivity index (χ2v) is 4.77. The molecule has 2 N–H and O–H groups in total. The summed E-state index contributed by atoms with van der Waals surface area (Å²) in [6.07, 6.45) is 0. The number of esters is 1. The summed E-state index contributed by atoms with van der Waals surface area (Å²) in [5.74, 6) is 0.914. The van der Waals surface area contributed by atoms with Crippen LogP contribution in [-0.2, 0) is 9.53 Å². The van der Waals surface area contributed by atoms with Crippen LogP contribution in [0.15, 0.2) is 18.2 Å². The summed E-state index contributed by atoms with van der Waals surface area (Å²) in [5, 5.41) is 0. The Balaban J connectivity index is 2.38. The Labute approximate surface area is 106 Å². The van der Waals surface area contributed by atoms with Crippen LogP contribution in [0.1, 0.15) is 25.5 Å². The number of carbonyl (C=O) groups excluding carboxylic acids is 1. The molecule has 0 saturated heterocycles. The first kappa shape index (κ1) is 12.7. The van der Waals surface area contributed by atoms with E-state index in [-0.39, 0.29) is 12.8 Å². The molecule has 1 heterocycles. The normalized spacial score (nSPS) is 15.3. The van der Waals surface area contributed by atoms with E-state index in [0.717, 1.165) is 5.56 Å². The van der Waals surface area contributed by atoms with E-state index in [9.17, 15) is 4.79 Å². The van der Waals surface area contributed by atoms with Gasteiger partial charge in [-0.15, -0.1) is 0 Å². The predicted octanol–water partition coefficient (Wildman–Crippen LogP) is 1.61. The van der Waals surface area contributed by atoms with Gasteiger partial charge in [-0.1, -0.05) is 12.1 Å². The van der Waals surface area contributed by atoms with Crippen molar-refractivity contribution in [1.29, 1.82) is 0 Å². The van der Waals surface area contributed by atoms with Gasteiger partial charge < -0.3 is 19.9 Å². The molecule has 1 atom stereocenters. The number of nitrogens with two attached hydrogens (primary N) is 1. The van der Waals surface area contributed by atoms with Crippen LogP contribution in [0.3, 0.4) is 0 Å². The van der Waals surface area contributed by atoms with E-state index >= 15 is 0 Å². The summed E-state index contributed by atoms with van der Waals surface area (Å²) in [6.45, 7) is 3.68. The summed E-state index contributed by atoms with van der Waals surface area (Å²) in [6, 6.07) is 4.95. The largest absolute Gasteiger partial charge is 0.469 e. The van der Waals surface area contributed by atoms with Gasteiger partial charge >= 0.3 is 5.97 Å². The molecular formula is C13H17NO4. The number of rotatable bonds is 3. The number of hydrogen-bond acceptors (Lipinski definition) is 5. The second kappa shape index (κ2) is 4.49. The van der Waals surface area contributed by atoms with Crippen molar-refractivity contribution in [2.75, 3.05) is 13.9 Å². The summed E-state index contributed by atoms with van der Waals surface area (Å²) in [5.41, 5.74) is 6.10. The lowest BCUT2D eigenvalue weighted by Gasteiger charge is -2.29. The fourth-order valence-electron chi connectivity index (χ4n) is 1.98. The molecule has 0 aliphatic carbocycles. The molecular weight excluding hydrogens is 234 g/mol. The predicted molar refractivity (Wildman–Crippen MR) is 65.3 cm³/mol. The Kier molecular flexibility index (Phi) is 3.17. The number of ether oxygens (including phenoxy) is 3. The highest BCUT2D eigenvalue weighted by atomic mass is 16.7. The van der Waals surface area contributed by atoms with E-state index in [1.807, 2.05) is 18.2 Å². The summed E-state index contributed by atoms with van der Waals surface area (Å²) in [7, 11) is 1.35. The standard InChI is InChI=1S/C13H17NO4/c1-13(2,12(15)16-3)11(14)8-5-4-6-9-10(8)18-7-17-9/h4-6,11H,7,14H2,1-3H3/t11-/m1/s1. The fraction of sp³-hybridized carbons (Fsp3) is 0.462. The van der Waals surface area contributed by atoms with Crippen LogP contribution in [0.4, 0.5) is 0 Å². The van der Waals surface area contributed by atoms with Crippen LogP contribution in [0, 0.1) is 5.41 Å². The summed E-state index contributed by atoms with van der Waals surface area (Å²) < 4.78 is 15.5. The number of benzene rings is 1. The molecule has 1 aromatic rings. The number of carbonyl (C=O) groups is 1. The Hall–Kier alpha value is -1.75. The number of para-hydroxylation sites is 1. The molecule has 0 aromatic heterocycles. The van der Waals surface area contributed by atoms with Gasteiger partial charge in [0.15, 0.2) is 11.5 Å². The zero-order valence-corrected chi connectivity index (χ0v) is 10.7. The van der Waals surface area contributed by atoms with Gasteiger partial charge in [0.05, 0.1) is 12.5 Å². The molecule has 5 nitrogen and oxygen atoms in total. The highest BCUT2D eigenvalue weighted by Gasteiger charge is 2.39. The number of hydrogen-bond donors (Lipinski definition) is 1. The van der Waals surface area contributed by atoms with E-state index in [2.05, 4.69) is 0 Å². The first-order valence-electron chi connectivity index (χ1n) is 5.71. The molecule has 0 spiro atoms. The lowest BCUT2D eigenvalue weighted by molar-refractivity contribution is -0.152. The molecule has 18 heavy (non-hydrogen) atoms. The van der Waals surface area contributed by atoms with Crippen LogP contribution in [-0.4, -0.2) is 19.9 Å². The molecule has 0 amide bonds. The minimum atomic E-state index is -0.837. The smallest absolute Gasteiger partial charge is 0.313 e. The van der Waals surface area contributed by atoms with Crippen molar-refractivity contribution in [2.24, 2.45) is 11.1 Å². The Morgan fingerprint density at radius 3 is 2.83 bits per heavy atom. The Morgan fingerprint density at radius 2 is 2.17 bits per heavy atom. The topological polar surface area (TPSA) is 70.8 Å². The van der Waals surface area contributed by atoms with Gasteiger partial charge in [0.25, 0.3) is 0 Å². The zero-order chi connectivity index (χ0) is 13.3. The monoisotopic (exact) mass is 251 g/mol. The van der Waals surface area contributed by atoms with Crippen LogP contribution >= 0.6 is 0 Å². The molecule has 1 aromatic carbocycles. The maximum absolute atomic E-state index is 11.8. The lowest BCUT2D eigenvalue weighted by Crippen LogP contribution is -2.37. The van der Waals surface area contributed by atoms with E-state index in [1.165, 1.54) is 7.11 Å². The Bertz CT molecular complexity index is 470. The molecule has 0 radical (unpaired) electrons. The van der Waals surface area contributed by atoms with Crippen molar-refractivity contribution in [3.63, 3.8) is 0 Å². The third-order valence-corrected chi connectivity index (χ3v) is 3.25. The zero-order valence-electron chi connectivity index (χ0n) is 10.7. The highest BCUT2D eigenvalue weighted by Crippen LogP contribution is 2.43. The molecule has 0 saturated carbocycles. The molecule has 1 aliphatic rings.